The zero-order valence-corrected chi connectivity index (χ0v) is 12.0. The summed E-state index contributed by atoms with van der Waals surface area (Å²) >= 11 is 0. The minimum Gasteiger partial charge on any atom is -0.308 e. The summed E-state index contributed by atoms with van der Waals surface area (Å²) in [6.45, 7) is 6.39. The van der Waals surface area contributed by atoms with Crippen LogP contribution in [0.3, 0.4) is 0 Å². The summed E-state index contributed by atoms with van der Waals surface area (Å²) in [5.74, 6) is 5.60. The number of pyridine rings is 1. The predicted octanol–water partition coefficient (Wildman–Crippen LogP) is 1.03. The average molecular weight is 272 g/mol. The maximum absolute atomic E-state index is 12.2. The van der Waals surface area contributed by atoms with Gasteiger partial charge in [-0.1, -0.05) is 20.8 Å². The maximum Gasteiger partial charge on any atom is 0.244 e. The van der Waals surface area contributed by atoms with E-state index in [9.17, 15) is 8.42 Å². The highest BCUT2D eigenvalue weighted by atomic mass is 32.2. The van der Waals surface area contributed by atoms with Crippen molar-refractivity contribution in [3.05, 3.63) is 18.3 Å². The molecule has 0 fully saturated rings. The molecule has 0 aliphatic carbocycles. The van der Waals surface area contributed by atoms with E-state index in [0.29, 0.717) is 12.4 Å². The summed E-state index contributed by atoms with van der Waals surface area (Å²) in [6.07, 6.45) is 1.30. The van der Waals surface area contributed by atoms with E-state index in [1.54, 1.807) is 7.05 Å². The van der Waals surface area contributed by atoms with E-state index >= 15 is 0 Å². The number of rotatable bonds is 4. The monoisotopic (exact) mass is 272 g/mol. The Morgan fingerprint density at radius 1 is 1.39 bits per heavy atom. The minimum absolute atomic E-state index is 0.103. The highest BCUT2D eigenvalue weighted by molar-refractivity contribution is 7.89. The largest absolute Gasteiger partial charge is 0.308 e. The molecule has 0 aliphatic heterocycles. The van der Waals surface area contributed by atoms with Gasteiger partial charge in [0, 0.05) is 19.8 Å². The molecule has 0 radical (unpaired) electrons. The van der Waals surface area contributed by atoms with Gasteiger partial charge in [0.25, 0.3) is 0 Å². The lowest BCUT2D eigenvalue weighted by Gasteiger charge is -2.25. The highest BCUT2D eigenvalue weighted by Crippen LogP contribution is 2.20. The van der Waals surface area contributed by atoms with Crippen LogP contribution >= 0.6 is 0 Å². The lowest BCUT2D eigenvalue weighted by atomic mass is 9.97. The Labute approximate surface area is 108 Å². The van der Waals surface area contributed by atoms with Gasteiger partial charge in [-0.25, -0.2) is 23.5 Å². The summed E-state index contributed by atoms with van der Waals surface area (Å²) in [6, 6.07) is 3.01. The van der Waals surface area contributed by atoms with Gasteiger partial charge in [0.2, 0.25) is 10.0 Å². The van der Waals surface area contributed by atoms with E-state index in [1.807, 2.05) is 20.8 Å². The number of nitrogen functional groups attached to an aromatic ring is 1. The van der Waals surface area contributed by atoms with Crippen LogP contribution in [0.4, 0.5) is 5.82 Å². The molecule has 0 saturated carbocycles. The van der Waals surface area contributed by atoms with Crippen LogP contribution in [-0.4, -0.2) is 31.3 Å². The predicted molar refractivity (Wildman–Crippen MR) is 71.3 cm³/mol. The molecule has 7 heteroatoms. The Hall–Kier alpha value is -1.18. The molecule has 0 spiro atoms. The van der Waals surface area contributed by atoms with Crippen molar-refractivity contribution in [2.75, 3.05) is 19.0 Å². The van der Waals surface area contributed by atoms with Gasteiger partial charge in [-0.2, -0.15) is 0 Å². The molecule has 0 aromatic carbocycles. The Balaban J connectivity index is 2.98. The number of hydrogen-bond acceptors (Lipinski definition) is 5. The van der Waals surface area contributed by atoms with E-state index < -0.39 is 10.0 Å². The normalized spacial score (nSPS) is 12.8. The van der Waals surface area contributed by atoms with Crippen LogP contribution < -0.4 is 11.3 Å². The number of hydrazine groups is 1. The molecule has 0 aliphatic rings. The quantitative estimate of drug-likeness (QED) is 0.631. The standard InChI is InChI=1S/C11H20N4O2S/c1-11(2,3)8-15(4)18(16,17)9-5-6-10(14-12)13-7-9/h5-7H,8,12H2,1-4H3,(H,13,14). The molecule has 6 nitrogen and oxygen atoms in total. The van der Waals surface area contributed by atoms with Gasteiger partial charge in [0.15, 0.2) is 0 Å². The van der Waals surface area contributed by atoms with Crippen LogP contribution in [0.25, 0.3) is 0 Å². The molecule has 0 saturated heterocycles. The van der Waals surface area contributed by atoms with Gasteiger partial charge in [-0.3, -0.25) is 0 Å². The van der Waals surface area contributed by atoms with Crippen molar-refractivity contribution < 1.29 is 8.42 Å². The SMILES string of the molecule is CN(CC(C)(C)C)S(=O)(=O)c1ccc(NN)nc1. The number of nitrogens with zero attached hydrogens (tertiary/aromatic N) is 2. The van der Waals surface area contributed by atoms with Crippen LogP contribution in [0.2, 0.25) is 0 Å². The number of nitrogens with two attached hydrogens (primary N) is 1. The molecule has 1 aromatic rings. The molecule has 1 rings (SSSR count). The first-order valence-corrected chi connectivity index (χ1v) is 7.00. The molecule has 0 atom stereocenters. The molecule has 0 bridgehead atoms. The Morgan fingerprint density at radius 2 is 2.00 bits per heavy atom. The number of nitrogens with one attached hydrogen (secondary N) is 1. The van der Waals surface area contributed by atoms with E-state index in [4.69, 9.17) is 5.84 Å². The zero-order chi connectivity index (χ0) is 14.0. The topological polar surface area (TPSA) is 88.3 Å². The number of aromatic nitrogens is 1. The Bertz CT molecular complexity index is 491. The van der Waals surface area contributed by atoms with Gasteiger partial charge in [0.05, 0.1) is 0 Å². The second-order valence-electron chi connectivity index (χ2n) is 5.35. The van der Waals surface area contributed by atoms with E-state index in [2.05, 4.69) is 10.4 Å². The van der Waals surface area contributed by atoms with Gasteiger partial charge in [0.1, 0.15) is 10.7 Å². The van der Waals surface area contributed by atoms with Crippen molar-refractivity contribution in [1.82, 2.24) is 9.29 Å². The van der Waals surface area contributed by atoms with E-state index in [0.717, 1.165) is 0 Å². The summed E-state index contributed by atoms with van der Waals surface area (Å²) in [5.41, 5.74) is 2.25. The average Bonchev–Trinajstić information content (AvgIpc) is 2.27. The van der Waals surface area contributed by atoms with Crippen LogP contribution in [0.15, 0.2) is 23.2 Å². The number of anilines is 1. The lowest BCUT2D eigenvalue weighted by molar-refractivity contribution is 0.310. The number of hydrogen-bond donors (Lipinski definition) is 2. The highest BCUT2D eigenvalue weighted by Gasteiger charge is 2.25. The van der Waals surface area contributed by atoms with Gasteiger partial charge < -0.3 is 5.43 Å². The molecule has 0 unspecified atom stereocenters. The van der Waals surface area contributed by atoms with E-state index in [1.165, 1.54) is 22.6 Å². The number of sulfonamides is 1. The lowest BCUT2D eigenvalue weighted by Crippen LogP contribution is -2.34. The zero-order valence-electron chi connectivity index (χ0n) is 11.1. The fourth-order valence-corrected chi connectivity index (χ4v) is 2.89. The fourth-order valence-electron chi connectivity index (χ4n) is 1.55. The van der Waals surface area contributed by atoms with Gasteiger partial charge >= 0.3 is 0 Å². The summed E-state index contributed by atoms with van der Waals surface area (Å²) in [7, 11) is -1.93. The second kappa shape index (κ2) is 5.21. The molecule has 18 heavy (non-hydrogen) atoms. The van der Waals surface area contributed by atoms with Crippen LogP contribution in [0, 0.1) is 5.41 Å². The molecule has 102 valence electrons. The Morgan fingerprint density at radius 3 is 2.39 bits per heavy atom. The molecule has 1 aromatic heterocycles. The second-order valence-corrected chi connectivity index (χ2v) is 7.39. The van der Waals surface area contributed by atoms with E-state index in [-0.39, 0.29) is 10.3 Å². The van der Waals surface area contributed by atoms with Crippen molar-refractivity contribution in [3.63, 3.8) is 0 Å². The first-order valence-electron chi connectivity index (χ1n) is 5.56. The maximum atomic E-state index is 12.2. The summed E-state index contributed by atoms with van der Waals surface area (Å²) < 4.78 is 25.8. The third-order valence-electron chi connectivity index (χ3n) is 2.29. The third kappa shape index (κ3) is 3.66. The summed E-state index contributed by atoms with van der Waals surface area (Å²) in [5, 5.41) is 0. The fraction of sp³-hybridized carbons (Fsp3) is 0.545. The van der Waals surface area contributed by atoms with Crippen LogP contribution in [0.5, 0.6) is 0 Å². The molecule has 0 amide bonds. The molecule has 3 N–H and O–H groups in total. The van der Waals surface area contributed by atoms with Crippen molar-refractivity contribution in [2.45, 2.75) is 25.7 Å². The Kier molecular flexibility index (Phi) is 4.31. The minimum atomic E-state index is -3.49. The van der Waals surface area contributed by atoms with Gasteiger partial charge in [-0.05, 0) is 17.5 Å². The molecule has 1 heterocycles. The van der Waals surface area contributed by atoms with Gasteiger partial charge in [-0.15, -0.1) is 0 Å². The first-order chi connectivity index (χ1) is 8.16. The smallest absolute Gasteiger partial charge is 0.244 e. The molecular formula is C11H20N4O2S. The third-order valence-corrected chi connectivity index (χ3v) is 4.08. The van der Waals surface area contributed by atoms with Crippen molar-refractivity contribution in [2.24, 2.45) is 11.3 Å². The first kappa shape index (κ1) is 14.9. The molecular weight excluding hydrogens is 252 g/mol. The van der Waals surface area contributed by atoms with Crippen molar-refractivity contribution in [1.29, 1.82) is 0 Å². The van der Waals surface area contributed by atoms with Crippen LogP contribution in [-0.2, 0) is 10.0 Å². The van der Waals surface area contributed by atoms with Crippen LogP contribution in [0.1, 0.15) is 20.8 Å². The summed E-state index contributed by atoms with van der Waals surface area (Å²) in [4.78, 5) is 4.06. The van der Waals surface area contributed by atoms with Crippen molar-refractivity contribution in [3.8, 4) is 0 Å². The van der Waals surface area contributed by atoms with Crippen molar-refractivity contribution >= 4 is 15.8 Å².